The summed E-state index contributed by atoms with van der Waals surface area (Å²) in [4.78, 5) is 4.25. The Morgan fingerprint density at radius 3 is 1.13 bits per heavy atom. The first kappa shape index (κ1) is 17.9. The third-order valence-corrected chi connectivity index (χ3v) is 7.64. The lowest BCUT2D eigenvalue weighted by Crippen LogP contribution is -2.15. The molecular weight excluding hydrogens is 416 g/mol. The highest BCUT2D eigenvalue weighted by Gasteiger charge is 2.33. The van der Waals surface area contributed by atoms with Crippen molar-refractivity contribution in [1.82, 2.24) is 0 Å². The third kappa shape index (κ3) is 2.87. The minimum absolute atomic E-state index is 0.543. The maximum Gasteiger partial charge on any atom is 0.181 e. The van der Waals surface area contributed by atoms with Crippen molar-refractivity contribution in [2.24, 2.45) is 0 Å². The molecule has 30 heavy (non-hydrogen) atoms. The number of hydrogen-bond acceptors (Lipinski definition) is 6. The predicted octanol–water partition coefficient (Wildman–Crippen LogP) is 6.35. The van der Waals surface area contributed by atoms with Crippen molar-refractivity contribution < 1.29 is 18.9 Å². The molecule has 0 atom stereocenters. The monoisotopic (exact) mass is 434 g/mol. The van der Waals surface area contributed by atoms with E-state index >= 15 is 0 Å². The summed E-state index contributed by atoms with van der Waals surface area (Å²) >= 11 is 3.38. The molecule has 2 aliphatic heterocycles. The second-order valence-corrected chi connectivity index (χ2v) is 9.00. The smallest absolute Gasteiger partial charge is 0.181 e. The summed E-state index contributed by atoms with van der Waals surface area (Å²) in [5.41, 5.74) is 2.25. The topological polar surface area (TPSA) is 36.9 Å². The zero-order valence-corrected chi connectivity index (χ0v) is 17.7. The van der Waals surface area contributed by atoms with Crippen molar-refractivity contribution in [2.45, 2.75) is 0 Å². The van der Waals surface area contributed by atoms with Crippen LogP contribution in [-0.2, 0) is 0 Å². The average molecular weight is 435 g/mol. The van der Waals surface area contributed by atoms with Crippen LogP contribution in [0.4, 0.5) is 0 Å². The van der Waals surface area contributed by atoms with Gasteiger partial charge < -0.3 is 18.9 Å². The van der Waals surface area contributed by atoms with Crippen molar-refractivity contribution >= 4 is 22.7 Å². The van der Waals surface area contributed by atoms with Gasteiger partial charge in [0.05, 0.1) is 19.5 Å². The first-order chi connectivity index (χ1) is 14.9. The van der Waals surface area contributed by atoms with Gasteiger partial charge in [0.15, 0.2) is 23.0 Å². The van der Waals surface area contributed by atoms with Gasteiger partial charge in [0.2, 0.25) is 0 Å². The SMILES string of the molecule is c1ccc(-c2sc(-c3sc(-c4ccccc4)c4c3OCCO4)c3c2OCCO3)cc1. The Kier molecular flexibility index (Phi) is 4.39. The molecule has 4 aromatic rings. The Balaban J connectivity index is 1.57. The van der Waals surface area contributed by atoms with Gasteiger partial charge in [-0.15, -0.1) is 22.7 Å². The molecule has 4 heterocycles. The predicted molar refractivity (Wildman–Crippen MR) is 120 cm³/mol. The molecule has 0 N–H and O–H groups in total. The number of fused-ring (bicyclic) bond motifs is 2. The van der Waals surface area contributed by atoms with E-state index in [2.05, 4.69) is 24.3 Å². The number of thiophene rings is 2. The molecule has 0 saturated heterocycles. The van der Waals surface area contributed by atoms with E-state index in [0.29, 0.717) is 26.4 Å². The second-order valence-electron chi connectivity index (χ2n) is 6.96. The number of hydrogen-bond donors (Lipinski definition) is 0. The highest BCUT2D eigenvalue weighted by molar-refractivity contribution is 7.26. The van der Waals surface area contributed by atoms with Gasteiger partial charge in [-0.25, -0.2) is 0 Å². The summed E-state index contributed by atoms with van der Waals surface area (Å²) in [5, 5.41) is 0. The minimum atomic E-state index is 0.543. The summed E-state index contributed by atoms with van der Waals surface area (Å²) in [6.07, 6.45) is 0. The van der Waals surface area contributed by atoms with E-state index in [4.69, 9.17) is 18.9 Å². The van der Waals surface area contributed by atoms with Crippen molar-refractivity contribution in [2.75, 3.05) is 26.4 Å². The lowest BCUT2D eigenvalue weighted by Gasteiger charge is -2.18. The molecule has 6 rings (SSSR count). The number of rotatable bonds is 3. The van der Waals surface area contributed by atoms with Gasteiger partial charge in [-0.3, -0.25) is 0 Å². The summed E-state index contributed by atoms with van der Waals surface area (Å²) in [7, 11) is 0. The fourth-order valence-corrected chi connectivity index (χ4v) is 6.27. The molecule has 2 aromatic carbocycles. The maximum atomic E-state index is 6.11. The molecule has 0 bridgehead atoms. The van der Waals surface area contributed by atoms with E-state index in [1.807, 2.05) is 36.4 Å². The average Bonchev–Trinajstić information content (AvgIpc) is 3.39. The molecule has 0 unspecified atom stereocenters. The van der Waals surface area contributed by atoms with E-state index in [1.54, 1.807) is 22.7 Å². The first-order valence-corrected chi connectivity index (χ1v) is 11.5. The lowest BCUT2D eigenvalue weighted by molar-refractivity contribution is 0.172. The van der Waals surface area contributed by atoms with Gasteiger partial charge in [-0.2, -0.15) is 0 Å². The fraction of sp³-hybridized carbons (Fsp3) is 0.167. The molecule has 0 saturated carbocycles. The quantitative estimate of drug-likeness (QED) is 0.376. The molecule has 0 fully saturated rings. The van der Waals surface area contributed by atoms with Gasteiger partial charge in [0.25, 0.3) is 0 Å². The lowest BCUT2D eigenvalue weighted by atomic mass is 10.1. The summed E-state index contributed by atoms with van der Waals surface area (Å²) in [6, 6.07) is 20.6. The highest BCUT2D eigenvalue weighted by Crippen LogP contribution is 2.61. The third-order valence-electron chi connectivity index (χ3n) is 5.08. The number of benzene rings is 2. The van der Waals surface area contributed by atoms with E-state index in [0.717, 1.165) is 53.6 Å². The van der Waals surface area contributed by atoms with Crippen LogP contribution in [0, 0.1) is 0 Å². The molecule has 150 valence electrons. The Bertz CT molecular complexity index is 1100. The molecule has 0 amide bonds. The van der Waals surface area contributed by atoms with E-state index in [1.165, 1.54) is 0 Å². The highest BCUT2D eigenvalue weighted by atomic mass is 32.1. The zero-order valence-electron chi connectivity index (χ0n) is 16.1. The van der Waals surface area contributed by atoms with Crippen LogP contribution in [0.3, 0.4) is 0 Å². The fourth-order valence-electron chi connectivity index (χ4n) is 3.76. The van der Waals surface area contributed by atoms with E-state index < -0.39 is 0 Å². The van der Waals surface area contributed by atoms with Crippen molar-refractivity contribution in [3.63, 3.8) is 0 Å². The molecule has 2 aromatic heterocycles. The van der Waals surface area contributed by atoms with Crippen LogP contribution in [0.1, 0.15) is 0 Å². The summed E-state index contributed by atoms with van der Waals surface area (Å²) in [6.45, 7) is 2.20. The van der Waals surface area contributed by atoms with Crippen LogP contribution < -0.4 is 18.9 Å². The molecular formula is C24H18O4S2. The Labute approximate surface area is 182 Å². The molecule has 0 spiro atoms. The van der Waals surface area contributed by atoms with E-state index in [-0.39, 0.29) is 0 Å². The number of ether oxygens (including phenoxy) is 4. The Morgan fingerprint density at radius 1 is 0.433 bits per heavy atom. The van der Waals surface area contributed by atoms with Crippen LogP contribution in [0.25, 0.3) is 30.6 Å². The molecule has 2 aliphatic rings. The van der Waals surface area contributed by atoms with Crippen molar-refractivity contribution in [1.29, 1.82) is 0 Å². The van der Waals surface area contributed by atoms with Gasteiger partial charge in [0, 0.05) is 0 Å². The van der Waals surface area contributed by atoms with Gasteiger partial charge >= 0.3 is 0 Å². The minimum Gasteiger partial charge on any atom is -0.485 e. The van der Waals surface area contributed by atoms with Crippen LogP contribution in [0.15, 0.2) is 60.7 Å². The Hall–Kier alpha value is -2.96. The standard InChI is InChI=1S/C24H18O4S2/c1-3-7-15(8-4-1)21-17-19(27-13-11-25-17)23(29-21)24-20-18(26-12-14-28-20)22(30-24)16-9-5-2-6-10-16/h1-10H,11-14H2. The molecule has 6 heteroatoms. The van der Waals surface area contributed by atoms with Crippen LogP contribution in [0.5, 0.6) is 23.0 Å². The van der Waals surface area contributed by atoms with Crippen LogP contribution in [0.2, 0.25) is 0 Å². The molecule has 0 aliphatic carbocycles. The first-order valence-electron chi connectivity index (χ1n) is 9.86. The molecule has 0 radical (unpaired) electrons. The Morgan fingerprint density at radius 2 is 0.767 bits per heavy atom. The normalized spacial score (nSPS) is 14.5. The van der Waals surface area contributed by atoms with Gasteiger partial charge in [-0.05, 0) is 11.1 Å². The molecule has 4 nitrogen and oxygen atoms in total. The van der Waals surface area contributed by atoms with Crippen LogP contribution in [-0.4, -0.2) is 26.4 Å². The zero-order chi connectivity index (χ0) is 19.9. The van der Waals surface area contributed by atoms with Crippen LogP contribution >= 0.6 is 22.7 Å². The van der Waals surface area contributed by atoms with Crippen molar-refractivity contribution in [3.05, 3.63) is 60.7 Å². The van der Waals surface area contributed by atoms with Crippen molar-refractivity contribution in [3.8, 4) is 53.6 Å². The summed E-state index contributed by atoms with van der Waals surface area (Å²) in [5.74, 6) is 3.27. The summed E-state index contributed by atoms with van der Waals surface area (Å²) < 4.78 is 24.4. The maximum absolute atomic E-state index is 6.11. The van der Waals surface area contributed by atoms with E-state index in [9.17, 15) is 0 Å². The van der Waals surface area contributed by atoms with Gasteiger partial charge in [-0.1, -0.05) is 60.7 Å². The largest absolute Gasteiger partial charge is 0.485 e. The second kappa shape index (κ2) is 7.38. The van der Waals surface area contributed by atoms with Gasteiger partial charge in [0.1, 0.15) is 26.4 Å².